The number of hydrogen-bond acceptors (Lipinski definition) is 1. The Bertz CT molecular complexity index is 278. The summed E-state index contributed by atoms with van der Waals surface area (Å²) in [6, 6.07) is 0. The van der Waals surface area contributed by atoms with Gasteiger partial charge in [0, 0.05) is 5.69 Å². The molecule has 0 bridgehead atoms. The minimum atomic E-state index is 0.580. The van der Waals surface area contributed by atoms with Crippen molar-refractivity contribution in [2.24, 2.45) is 0 Å². The van der Waals surface area contributed by atoms with E-state index >= 15 is 0 Å². The van der Waals surface area contributed by atoms with Crippen molar-refractivity contribution in [1.82, 2.24) is 9.78 Å². The lowest BCUT2D eigenvalue weighted by Crippen LogP contribution is -2.02. The molecule has 2 nitrogen and oxygen atoms in total. The minimum Gasteiger partial charge on any atom is -0.257 e. The summed E-state index contributed by atoms with van der Waals surface area (Å²) in [7, 11) is 0. The van der Waals surface area contributed by atoms with E-state index in [-0.39, 0.29) is 0 Å². The van der Waals surface area contributed by atoms with E-state index in [9.17, 15) is 0 Å². The van der Waals surface area contributed by atoms with E-state index in [1.54, 1.807) is 0 Å². The Balaban J connectivity index is 2.97. The standard InChI is InChI=1S/C9H12N2/c1-4-6-11-9(5-2)8(3)7-10-11/h1,7H,5-6H2,2-3H3. The summed E-state index contributed by atoms with van der Waals surface area (Å²) in [4.78, 5) is 0. The Morgan fingerprint density at radius 1 is 1.73 bits per heavy atom. The number of nitrogens with zero attached hydrogens (tertiary/aromatic N) is 2. The van der Waals surface area contributed by atoms with Gasteiger partial charge in [0.25, 0.3) is 0 Å². The van der Waals surface area contributed by atoms with Crippen molar-refractivity contribution in [2.75, 3.05) is 0 Å². The van der Waals surface area contributed by atoms with Crippen molar-refractivity contribution in [3.63, 3.8) is 0 Å². The van der Waals surface area contributed by atoms with Crippen molar-refractivity contribution in [1.29, 1.82) is 0 Å². The number of hydrogen-bond donors (Lipinski definition) is 0. The van der Waals surface area contributed by atoms with Gasteiger partial charge >= 0.3 is 0 Å². The molecule has 0 aromatic carbocycles. The molecule has 1 aromatic heterocycles. The Morgan fingerprint density at radius 2 is 2.45 bits per heavy atom. The van der Waals surface area contributed by atoms with E-state index in [1.807, 2.05) is 10.9 Å². The summed E-state index contributed by atoms with van der Waals surface area (Å²) in [5.74, 6) is 2.57. The van der Waals surface area contributed by atoms with Crippen LogP contribution in [0.25, 0.3) is 0 Å². The highest BCUT2D eigenvalue weighted by molar-refractivity contribution is 5.16. The van der Waals surface area contributed by atoms with Gasteiger partial charge in [-0.15, -0.1) is 6.42 Å². The number of terminal acetylenes is 1. The molecule has 2 heteroatoms. The quantitative estimate of drug-likeness (QED) is 0.579. The van der Waals surface area contributed by atoms with E-state index in [4.69, 9.17) is 6.42 Å². The van der Waals surface area contributed by atoms with Gasteiger partial charge in [0.05, 0.1) is 6.20 Å². The molecule has 1 rings (SSSR count). The van der Waals surface area contributed by atoms with Gasteiger partial charge in [-0.1, -0.05) is 12.8 Å². The van der Waals surface area contributed by atoms with Gasteiger partial charge in [0.15, 0.2) is 0 Å². The van der Waals surface area contributed by atoms with Gasteiger partial charge in [0.1, 0.15) is 6.54 Å². The molecule has 0 aliphatic rings. The first kappa shape index (κ1) is 7.87. The SMILES string of the molecule is C#CCn1ncc(C)c1CC. The van der Waals surface area contributed by atoms with Gasteiger partial charge in [0.2, 0.25) is 0 Å². The summed E-state index contributed by atoms with van der Waals surface area (Å²) in [5, 5.41) is 4.15. The zero-order chi connectivity index (χ0) is 8.27. The third-order valence-corrected chi connectivity index (χ3v) is 1.73. The molecule has 0 atom stereocenters. The topological polar surface area (TPSA) is 17.8 Å². The molecule has 0 aliphatic carbocycles. The molecule has 0 saturated carbocycles. The van der Waals surface area contributed by atoms with E-state index in [1.165, 1.54) is 11.3 Å². The molecule has 0 unspecified atom stereocenters. The maximum atomic E-state index is 5.18. The van der Waals surface area contributed by atoms with Crippen molar-refractivity contribution < 1.29 is 0 Å². The zero-order valence-electron chi connectivity index (χ0n) is 6.96. The second kappa shape index (κ2) is 3.25. The molecule has 0 saturated heterocycles. The van der Waals surface area contributed by atoms with Gasteiger partial charge < -0.3 is 0 Å². The van der Waals surface area contributed by atoms with Crippen LogP contribution in [0.5, 0.6) is 0 Å². The summed E-state index contributed by atoms with van der Waals surface area (Å²) in [5.41, 5.74) is 2.46. The molecule has 0 N–H and O–H groups in total. The van der Waals surface area contributed by atoms with E-state index in [0.29, 0.717) is 6.54 Å². The normalized spacial score (nSPS) is 9.55. The van der Waals surface area contributed by atoms with E-state index < -0.39 is 0 Å². The van der Waals surface area contributed by atoms with Crippen molar-refractivity contribution in [2.45, 2.75) is 26.8 Å². The van der Waals surface area contributed by atoms with Crippen LogP contribution in [0.15, 0.2) is 6.20 Å². The third-order valence-electron chi connectivity index (χ3n) is 1.73. The van der Waals surface area contributed by atoms with Crippen LogP contribution >= 0.6 is 0 Å². The molecule has 1 aromatic rings. The van der Waals surface area contributed by atoms with E-state index in [0.717, 1.165) is 6.42 Å². The summed E-state index contributed by atoms with van der Waals surface area (Å²) in [6.45, 7) is 4.74. The first-order chi connectivity index (χ1) is 5.29. The van der Waals surface area contributed by atoms with Gasteiger partial charge in [-0.2, -0.15) is 5.10 Å². The fraction of sp³-hybridized carbons (Fsp3) is 0.444. The second-order valence-corrected chi connectivity index (χ2v) is 2.49. The van der Waals surface area contributed by atoms with Crippen molar-refractivity contribution >= 4 is 0 Å². The van der Waals surface area contributed by atoms with Crippen molar-refractivity contribution in [3.8, 4) is 12.3 Å². The highest BCUT2D eigenvalue weighted by Crippen LogP contribution is 2.06. The van der Waals surface area contributed by atoms with Gasteiger partial charge in [-0.25, -0.2) is 0 Å². The first-order valence-corrected chi connectivity index (χ1v) is 3.74. The molecule has 58 valence electrons. The average Bonchev–Trinajstić information content (AvgIpc) is 2.33. The molecule has 0 amide bonds. The highest BCUT2D eigenvalue weighted by atomic mass is 15.3. The number of aromatic nitrogens is 2. The van der Waals surface area contributed by atoms with Crippen LogP contribution in [-0.4, -0.2) is 9.78 Å². The summed E-state index contributed by atoms with van der Waals surface area (Å²) in [6.07, 6.45) is 8.03. The number of aryl methyl sites for hydroxylation is 1. The Morgan fingerprint density at radius 3 is 3.00 bits per heavy atom. The second-order valence-electron chi connectivity index (χ2n) is 2.49. The lowest BCUT2D eigenvalue weighted by molar-refractivity contribution is 0.672. The van der Waals surface area contributed by atoms with E-state index in [2.05, 4.69) is 24.9 Å². The van der Waals surface area contributed by atoms with Crippen LogP contribution < -0.4 is 0 Å². The largest absolute Gasteiger partial charge is 0.257 e. The molecular formula is C9H12N2. The smallest absolute Gasteiger partial charge is 0.102 e. The maximum absolute atomic E-state index is 5.18. The average molecular weight is 148 g/mol. The monoisotopic (exact) mass is 148 g/mol. The fourth-order valence-corrected chi connectivity index (χ4v) is 1.19. The summed E-state index contributed by atoms with van der Waals surface area (Å²) < 4.78 is 1.87. The van der Waals surface area contributed by atoms with Crippen LogP contribution in [0, 0.1) is 19.3 Å². The molecule has 0 radical (unpaired) electrons. The highest BCUT2D eigenvalue weighted by Gasteiger charge is 2.02. The van der Waals surface area contributed by atoms with Crippen LogP contribution in [0.4, 0.5) is 0 Å². The van der Waals surface area contributed by atoms with Crippen molar-refractivity contribution in [3.05, 3.63) is 17.5 Å². The third kappa shape index (κ3) is 1.43. The molecule has 1 heterocycles. The Labute approximate surface area is 67.2 Å². The fourth-order valence-electron chi connectivity index (χ4n) is 1.19. The van der Waals surface area contributed by atoms with Crippen LogP contribution in [0.2, 0.25) is 0 Å². The predicted molar refractivity (Wildman–Crippen MR) is 45.2 cm³/mol. The first-order valence-electron chi connectivity index (χ1n) is 3.74. The molecule has 11 heavy (non-hydrogen) atoms. The molecule has 0 fully saturated rings. The van der Waals surface area contributed by atoms with Crippen LogP contribution in [0.3, 0.4) is 0 Å². The molecule has 0 spiro atoms. The number of rotatable bonds is 2. The predicted octanol–water partition coefficient (Wildman–Crippen LogP) is 1.39. The van der Waals surface area contributed by atoms with Crippen LogP contribution in [-0.2, 0) is 13.0 Å². The maximum Gasteiger partial charge on any atom is 0.102 e. The lowest BCUT2D eigenvalue weighted by Gasteiger charge is -2.00. The summed E-state index contributed by atoms with van der Waals surface area (Å²) >= 11 is 0. The van der Waals surface area contributed by atoms with Gasteiger partial charge in [-0.3, -0.25) is 4.68 Å². The lowest BCUT2D eigenvalue weighted by atomic mass is 10.2. The molecular weight excluding hydrogens is 136 g/mol. The molecule has 0 aliphatic heterocycles. The minimum absolute atomic E-state index is 0.580. The van der Waals surface area contributed by atoms with Gasteiger partial charge in [-0.05, 0) is 18.9 Å². The zero-order valence-corrected chi connectivity index (χ0v) is 6.96. The van der Waals surface area contributed by atoms with Crippen LogP contribution in [0.1, 0.15) is 18.2 Å². The Kier molecular flexibility index (Phi) is 2.32. The Hall–Kier alpha value is -1.23.